The van der Waals surface area contributed by atoms with Crippen molar-refractivity contribution < 1.29 is 9.90 Å². The highest BCUT2D eigenvalue weighted by Crippen LogP contribution is 2.19. The van der Waals surface area contributed by atoms with Gasteiger partial charge in [-0.1, -0.05) is 11.6 Å². The number of carboxylic acid groups (broad SMARTS) is 1. The van der Waals surface area contributed by atoms with Crippen molar-refractivity contribution in [3.05, 3.63) is 23.3 Å². The van der Waals surface area contributed by atoms with Crippen molar-refractivity contribution in [3.8, 4) is 0 Å². The van der Waals surface area contributed by atoms with Crippen LogP contribution in [0.1, 0.15) is 26.2 Å². The topological polar surface area (TPSA) is 37.3 Å². The van der Waals surface area contributed by atoms with E-state index in [1.54, 1.807) is 13.0 Å². The maximum atomic E-state index is 10.4. The van der Waals surface area contributed by atoms with E-state index in [1.165, 1.54) is 12.0 Å². The van der Waals surface area contributed by atoms with Gasteiger partial charge in [-0.25, -0.2) is 4.79 Å². The van der Waals surface area contributed by atoms with Crippen molar-refractivity contribution in [3.63, 3.8) is 0 Å². The smallest absolute Gasteiger partial charge is 0.331 e. The Morgan fingerprint density at radius 1 is 1.73 bits per heavy atom. The summed E-state index contributed by atoms with van der Waals surface area (Å²) in [5.41, 5.74) is 1.60. The average molecular weight is 152 g/mol. The second-order valence-corrected chi connectivity index (χ2v) is 2.80. The minimum atomic E-state index is -0.821. The lowest BCUT2D eigenvalue weighted by Crippen LogP contribution is -1.95. The molecule has 0 aromatic heterocycles. The first-order valence-electron chi connectivity index (χ1n) is 3.81. The van der Waals surface area contributed by atoms with Crippen LogP contribution in [0.3, 0.4) is 0 Å². The van der Waals surface area contributed by atoms with E-state index in [4.69, 9.17) is 5.11 Å². The van der Waals surface area contributed by atoms with Crippen LogP contribution in [-0.4, -0.2) is 11.1 Å². The number of allylic oxidation sites excluding steroid dienone is 3. The minimum absolute atomic E-state index is 0.429. The molecule has 1 aliphatic rings. The highest BCUT2D eigenvalue weighted by molar-refractivity contribution is 5.86. The van der Waals surface area contributed by atoms with Crippen molar-refractivity contribution in [2.24, 2.45) is 0 Å². The molecule has 0 heterocycles. The molecule has 0 bridgehead atoms. The molecule has 0 saturated carbocycles. The third kappa shape index (κ3) is 2.22. The number of hydrogen-bond acceptors (Lipinski definition) is 1. The summed E-state index contributed by atoms with van der Waals surface area (Å²) in [6.45, 7) is 1.63. The van der Waals surface area contributed by atoms with E-state index >= 15 is 0 Å². The monoisotopic (exact) mass is 152 g/mol. The molecule has 0 unspecified atom stereocenters. The normalized spacial score (nSPS) is 18.3. The molecular formula is C9H12O2. The Bertz CT molecular complexity index is 224. The summed E-state index contributed by atoms with van der Waals surface area (Å²) in [4.78, 5) is 10.4. The lowest BCUT2D eigenvalue weighted by Gasteiger charge is -1.93. The Balaban J connectivity index is 2.63. The molecule has 2 heteroatoms. The first kappa shape index (κ1) is 8.05. The fourth-order valence-electron chi connectivity index (χ4n) is 1.17. The highest BCUT2D eigenvalue weighted by atomic mass is 16.4. The summed E-state index contributed by atoms with van der Waals surface area (Å²) in [6, 6.07) is 0. The van der Waals surface area contributed by atoms with Crippen LogP contribution in [0.2, 0.25) is 0 Å². The lowest BCUT2D eigenvalue weighted by molar-refractivity contribution is -0.132. The van der Waals surface area contributed by atoms with Crippen molar-refractivity contribution in [1.29, 1.82) is 0 Å². The van der Waals surface area contributed by atoms with Gasteiger partial charge in [0, 0.05) is 5.57 Å². The van der Waals surface area contributed by atoms with Crippen LogP contribution < -0.4 is 0 Å². The van der Waals surface area contributed by atoms with Crippen molar-refractivity contribution >= 4 is 5.97 Å². The second-order valence-electron chi connectivity index (χ2n) is 2.80. The molecule has 60 valence electrons. The number of carbonyl (C=O) groups is 1. The molecular weight excluding hydrogens is 140 g/mol. The SMILES string of the molecule is CC(=CC1=CCCC1)C(=O)O. The van der Waals surface area contributed by atoms with Crippen molar-refractivity contribution in [2.75, 3.05) is 0 Å². The third-order valence-electron chi connectivity index (χ3n) is 1.82. The van der Waals surface area contributed by atoms with Crippen LogP contribution >= 0.6 is 0 Å². The van der Waals surface area contributed by atoms with E-state index in [2.05, 4.69) is 6.08 Å². The Hall–Kier alpha value is -1.05. The second kappa shape index (κ2) is 3.37. The molecule has 0 aromatic rings. The zero-order valence-electron chi connectivity index (χ0n) is 6.63. The van der Waals surface area contributed by atoms with Gasteiger partial charge in [-0.3, -0.25) is 0 Å². The molecule has 0 spiro atoms. The van der Waals surface area contributed by atoms with Gasteiger partial charge < -0.3 is 5.11 Å². The van der Waals surface area contributed by atoms with E-state index in [9.17, 15) is 4.79 Å². The van der Waals surface area contributed by atoms with E-state index in [0.717, 1.165) is 12.8 Å². The molecule has 1 rings (SSSR count). The van der Waals surface area contributed by atoms with Gasteiger partial charge in [0.1, 0.15) is 0 Å². The van der Waals surface area contributed by atoms with Crippen LogP contribution in [0.25, 0.3) is 0 Å². The van der Waals surface area contributed by atoms with Crippen LogP contribution in [0, 0.1) is 0 Å². The summed E-state index contributed by atoms with van der Waals surface area (Å²) < 4.78 is 0. The molecule has 0 radical (unpaired) electrons. The standard InChI is InChI=1S/C9H12O2/c1-7(9(10)11)6-8-4-2-3-5-8/h4,6H,2-3,5H2,1H3,(H,10,11). The van der Waals surface area contributed by atoms with Crippen LogP contribution in [0.4, 0.5) is 0 Å². The zero-order chi connectivity index (χ0) is 8.27. The average Bonchev–Trinajstić information content (AvgIpc) is 2.39. The summed E-state index contributed by atoms with van der Waals surface area (Å²) in [5.74, 6) is -0.821. The summed E-state index contributed by atoms with van der Waals surface area (Å²) in [5, 5.41) is 8.55. The highest BCUT2D eigenvalue weighted by Gasteiger charge is 2.04. The Morgan fingerprint density at radius 3 is 2.91 bits per heavy atom. The van der Waals surface area contributed by atoms with Gasteiger partial charge in [0.15, 0.2) is 0 Å². The number of rotatable bonds is 2. The summed E-state index contributed by atoms with van der Waals surface area (Å²) in [7, 11) is 0. The van der Waals surface area contributed by atoms with Gasteiger partial charge in [0.05, 0.1) is 0 Å². The van der Waals surface area contributed by atoms with Gasteiger partial charge in [-0.05, 0) is 32.3 Å². The van der Waals surface area contributed by atoms with Gasteiger partial charge in [-0.15, -0.1) is 0 Å². The first-order chi connectivity index (χ1) is 5.20. The van der Waals surface area contributed by atoms with Crippen LogP contribution in [0.5, 0.6) is 0 Å². The Kier molecular flexibility index (Phi) is 2.47. The predicted octanol–water partition coefficient (Wildman–Crippen LogP) is 2.13. The van der Waals surface area contributed by atoms with Crippen molar-refractivity contribution in [2.45, 2.75) is 26.2 Å². The minimum Gasteiger partial charge on any atom is -0.478 e. The molecule has 1 aliphatic carbocycles. The first-order valence-corrected chi connectivity index (χ1v) is 3.81. The van der Waals surface area contributed by atoms with E-state index in [-0.39, 0.29) is 0 Å². The van der Waals surface area contributed by atoms with Crippen molar-refractivity contribution in [1.82, 2.24) is 0 Å². The Morgan fingerprint density at radius 2 is 2.45 bits per heavy atom. The van der Waals surface area contributed by atoms with E-state index in [0.29, 0.717) is 5.57 Å². The summed E-state index contributed by atoms with van der Waals surface area (Å²) in [6.07, 6.45) is 7.16. The third-order valence-corrected chi connectivity index (χ3v) is 1.82. The predicted molar refractivity (Wildman–Crippen MR) is 43.3 cm³/mol. The van der Waals surface area contributed by atoms with Gasteiger partial charge >= 0.3 is 5.97 Å². The number of hydrogen-bond donors (Lipinski definition) is 1. The Labute approximate surface area is 66.2 Å². The fraction of sp³-hybridized carbons (Fsp3) is 0.444. The molecule has 0 fully saturated rings. The molecule has 0 saturated heterocycles. The largest absolute Gasteiger partial charge is 0.478 e. The molecule has 0 amide bonds. The summed E-state index contributed by atoms with van der Waals surface area (Å²) >= 11 is 0. The van der Waals surface area contributed by atoms with Crippen LogP contribution in [0.15, 0.2) is 23.3 Å². The fourth-order valence-corrected chi connectivity index (χ4v) is 1.17. The van der Waals surface area contributed by atoms with Gasteiger partial charge in [-0.2, -0.15) is 0 Å². The molecule has 1 N–H and O–H groups in total. The quantitative estimate of drug-likeness (QED) is 0.615. The maximum absolute atomic E-state index is 10.4. The molecule has 2 nitrogen and oxygen atoms in total. The number of aliphatic carboxylic acids is 1. The van der Waals surface area contributed by atoms with Gasteiger partial charge in [0.25, 0.3) is 0 Å². The van der Waals surface area contributed by atoms with Crippen LogP contribution in [-0.2, 0) is 4.79 Å². The van der Waals surface area contributed by atoms with Gasteiger partial charge in [0.2, 0.25) is 0 Å². The van der Waals surface area contributed by atoms with E-state index in [1.807, 2.05) is 0 Å². The lowest BCUT2D eigenvalue weighted by atomic mass is 10.1. The molecule has 0 aromatic carbocycles. The van der Waals surface area contributed by atoms with E-state index < -0.39 is 5.97 Å². The molecule has 0 aliphatic heterocycles. The number of carboxylic acids is 1. The molecule has 11 heavy (non-hydrogen) atoms. The molecule has 0 atom stereocenters. The maximum Gasteiger partial charge on any atom is 0.331 e. The zero-order valence-corrected chi connectivity index (χ0v) is 6.63.